The lowest BCUT2D eigenvalue weighted by Crippen LogP contribution is -2.04. The number of phenols is 1. The van der Waals surface area contributed by atoms with Crippen molar-refractivity contribution in [2.75, 3.05) is 5.33 Å². The molecular weight excluding hydrogens is 246 g/mol. The number of alkyl halides is 1. The molecule has 4 heteroatoms. The number of hydrogen-bond donors (Lipinski definition) is 1. The van der Waals surface area contributed by atoms with Crippen molar-refractivity contribution in [2.45, 2.75) is 6.92 Å². The molecule has 0 radical (unpaired) electrons. The fraction of sp³-hybridized carbons (Fsp3) is 0.200. The summed E-state index contributed by atoms with van der Waals surface area (Å²) in [7, 11) is 0. The molecule has 0 amide bonds. The maximum atomic E-state index is 11.4. The molecular formula is C10H8BrNO2. The van der Waals surface area contributed by atoms with Gasteiger partial charge in [-0.05, 0) is 19.1 Å². The van der Waals surface area contributed by atoms with Gasteiger partial charge in [0.15, 0.2) is 5.78 Å². The summed E-state index contributed by atoms with van der Waals surface area (Å²) in [5, 5.41) is 18.3. The number of carbonyl (C=O) groups excluding carboxylic acids is 1. The standard InChI is InChI=1S/C10H8BrNO2/c1-6-8(5-12)7(10(14)4-11)2-3-9(6)13/h2-3,13H,4H2,1H3. The molecule has 0 aliphatic heterocycles. The molecule has 3 nitrogen and oxygen atoms in total. The number of hydrogen-bond acceptors (Lipinski definition) is 3. The minimum absolute atomic E-state index is 0.0349. The number of nitrogens with zero attached hydrogens (tertiary/aromatic N) is 1. The molecule has 0 saturated carbocycles. The third kappa shape index (κ3) is 1.78. The zero-order valence-corrected chi connectivity index (χ0v) is 9.13. The van der Waals surface area contributed by atoms with Gasteiger partial charge in [0.2, 0.25) is 0 Å². The van der Waals surface area contributed by atoms with E-state index in [0.29, 0.717) is 11.1 Å². The molecule has 0 spiro atoms. The monoisotopic (exact) mass is 253 g/mol. The van der Waals surface area contributed by atoms with Crippen molar-refractivity contribution in [1.29, 1.82) is 5.26 Å². The zero-order chi connectivity index (χ0) is 10.7. The molecule has 0 bridgehead atoms. The van der Waals surface area contributed by atoms with Crippen LogP contribution < -0.4 is 0 Å². The molecule has 0 saturated heterocycles. The van der Waals surface area contributed by atoms with Crippen LogP contribution in [0.1, 0.15) is 21.5 Å². The van der Waals surface area contributed by atoms with Crippen molar-refractivity contribution in [3.63, 3.8) is 0 Å². The fourth-order valence-corrected chi connectivity index (χ4v) is 1.45. The fourth-order valence-electron chi connectivity index (χ4n) is 1.15. The Labute approximate surface area is 90.1 Å². The molecule has 0 aliphatic rings. The van der Waals surface area contributed by atoms with Gasteiger partial charge < -0.3 is 5.11 Å². The van der Waals surface area contributed by atoms with E-state index in [1.54, 1.807) is 6.92 Å². The molecule has 72 valence electrons. The summed E-state index contributed by atoms with van der Waals surface area (Å²) in [5.74, 6) is -0.127. The van der Waals surface area contributed by atoms with Crippen molar-refractivity contribution >= 4 is 21.7 Å². The van der Waals surface area contributed by atoms with E-state index in [-0.39, 0.29) is 22.4 Å². The molecule has 1 N–H and O–H groups in total. The van der Waals surface area contributed by atoms with E-state index >= 15 is 0 Å². The number of aromatic hydroxyl groups is 1. The van der Waals surface area contributed by atoms with Gasteiger partial charge in [-0.2, -0.15) is 5.26 Å². The number of phenolic OH excluding ortho intramolecular Hbond substituents is 1. The highest BCUT2D eigenvalue weighted by Crippen LogP contribution is 2.23. The normalized spacial score (nSPS) is 9.50. The van der Waals surface area contributed by atoms with Crippen molar-refractivity contribution < 1.29 is 9.90 Å². The van der Waals surface area contributed by atoms with Crippen molar-refractivity contribution in [2.24, 2.45) is 0 Å². The largest absolute Gasteiger partial charge is 0.508 e. The van der Waals surface area contributed by atoms with Crippen LogP contribution in [0, 0.1) is 18.3 Å². The second kappa shape index (κ2) is 4.25. The summed E-state index contributed by atoms with van der Waals surface area (Å²) in [6.07, 6.45) is 0. The van der Waals surface area contributed by atoms with Gasteiger partial charge in [-0.25, -0.2) is 0 Å². The third-order valence-corrected chi connectivity index (χ3v) is 2.48. The minimum Gasteiger partial charge on any atom is -0.508 e. The SMILES string of the molecule is Cc1c(O)ccc(C(=O)CBr)c1C#N. The highest BCUT2D eigenvalue weighted by atomic mass is 79.9. The molecule has 1 rings (SSSR count). The first kappa shape index (κ1) is 10.7. The Hall–Kier alpha value is -1.34. The van der Waals surface area contributed by atoms with E-state index < -0.39 is 0 Å². The minimum atomic E-state index is -0.162. The molecule has 0 heterocycles. The first-order chi connectivity index (χ1) is 6.61. The number of benzene rings is 1. The highest BCUT2D eigenvalue weighted by Gasteiger charge is 2.14. The predicted octanol–water partition coefficient (Wildman–Crippen LogP) is 2.15. The number of nitriles is 1. The maximum absolute atomic E-state index is 11.4. The Morgan fingerprint density at radius 3 is 2.79 bits per heavy atom. The topological polar surface area (TPSA) is 61.1 Å². The van der Waals surface area contributed by atoms with Crippen LogP contribution in [0.5, 0.6) is 5.75 Å². The van der Waals surface area contributed by atoms with Crippen LogP contribution in [0.4, 0.5) is 0 Å². The Morgan fingerprint density at radius 1 is 1.64 bits per heavy atom. The smallest absolute Gasteiger partial charge is 0.174 e. The number of carbonyl (C=O) groups is 1. The summed E-state index contributed by atoms with van der Waals surface area (Å²) >= 11 is 3.04. The summed E-state index contributed by atoms with van der Waals surface area (Å²) in [5.41, 5.74) is 1.04. The average Bonchev–Trinajstić information content (AvgIpc) is 2.20. The van der Waals surface area contributed by atoms with Gasteiger partial charge in [0.25, 0.3) is 0 Å². The van der Waals surface area contributed by atoms with Gasteiger partial charge in [-0.3, -0.25) is 4.79 Å². The molecule has 0 atom stereocenters. The molecule has 1 aromatic carbocycles. The number of halogens is 1. The van der Waals surface area contributed by atoms with Gasteiger partial charge in [0, 0.05) is 11.1 Å². The molecule has 0 aliphatic carbocycles. The zero-order valence-electron chi connectivity index (χ0n) is 7.54. The van der Waals surface area contributed by atoms with Crippen LogP contribution in [-0.4, -0.2) is 16.2 Å². The molecule has 0 fully saturated rings. The first-order valence-electron chi connectivity index (χ1n) is 3.93. The third-order valence-electron chi connectivity index (χ3n) is 1.97. The van der Waals surface area contributed by atoms with Gasteiger partial charge in [-0.15, -0.1) is 0 Å². The van der Waals surface area contributed by atoms with Crippen LogP contribution in [0.25, 0.3) is 0 Å². The van der Waals surface area contributed by atoms with Crippen LogP contribution in [0.15, 0.2) is 12.1 Å². The summed E-state index contributed by atoms with van der Waals surface area (Å²) in [6.45, 7) is 1.61. The Kier molecular flexibility index (Phi) is 3.26. The van der Waals surface area contributed by atoms with Crippen LogP contribution in [0.3, 0.4) is 0 Å². The van der Waals surface area contributed by atoms with E-state index in [0.717, 1.165) is 0 Å². The highest BCUT2D eigenvalue weighted by molar-refractivity contribution is 9.09. The van der Waals surface area contributed by atoms with E-state index in [1.165, 1.54) is 12.1 Å². The number of ketones is 1. The quantitative estimate of drug-likeness (QED) is 0.649. The molecule has 0 aromatic heterocycles. The van der Waals surface area contributed by atoms with Crippen molar-refractivity contribution in [3.05, 3.63) is 28.8 Å². The summed E-state index contributed by atoms with van der Waals surface area (Å²) in [4.78, 5) is 11.4. The Balaban J connectivity index is 3.40. The summed E-state index contributed by atoms with van der Waals surface area (Å²) in [6, 6.07) is 4.80. The lowest BCUT2D eigenvalue weighted by molar-refractivity contribution is 0.102. The van der Waals surface area contributed by atoms with Gasteiger partial charge in [0.05, 0.1) is 10.9 Å². The molecule has 0 unspecified atom stereocenters. The van der Waals surface area contributed by atoms with Crippen LogP contribution in [0.2, 0.25) is 0 Å². The maximum Gasteiger partial charge on any atom is 0.174 e. The van der Waals surface area contributed by atoms with E-state index in [9.17, 15) is 9.90 Å². The first-order valence-corrected chi connectivity index (χ1v) is 5.05. The number of Topliss-reactive ketones (excluding diaryl/α,β-unsaturated/α-hetero) is 1. The molecule has 1 aromatic rings. The van der Waals surface area contributed by atoms with Crippen molar-refractivity contribution in [3.8, 4) is 11.8 Å². The molecule has 14 heavy (non-hydrogen) atoms. The van der Waals surface area contributed by atoms with Gasteiger partial charge >= 0.3 is 0 Å². The van der Waals surface area contributed by atoms with E-state index in [1.807, 2.05) is 6.07 Å². The summed E-state index contributed by atoms with van der Waals surface area (Å²) < 4.78 is 0. The Morgan fingerprint density at radius 2 is 2.29 bits per heavy atom. The lowest BCUT2D eigenvalue weighted by atomic mass is 10.00. The average molecular weight is 254 g/mol. The number of rotatable bonds is 2. The van der Waals surface area contributed by atoms with Gasteiger partial charge in [-0.1, -0.05) is 15.9 Å². The van der Waals surface area contributed by atoms with E-state index in [2.05, 4.69) is 15.9 Å². The van der Waals surface area contributed by atoms with E-state index in [4.69, 9.17) is 5.26 Å². The lowest BCUT2D eigenvalue weighted by Gasteiger charge is -2.05. The second-order valence-corrected chi connectivity index (χ2v) is 3.36. The Bertz CT molecular complexity index is 421. The van der Waals surface area contributed by atoms with Crippen LogP contribution in [-0.2, 0) is 0 Å². The predicted molar refractivity (Wildman–Crippen MR) is 55.7 cm³/mol. The van der Waals surface area contributed by atoms with Gasteiger partial charge in [0.1, 0.15) is 11.8 Å². The van der Waals surface area contributed by atoms with Crippen molar-refractivity contribution in [1.82, 2.24) is 0 Å². The second-order valence-electron chi connectivity index (χ2n) is 2.80. The van der Waals surface area contributed by atoms with Crippen LogP contribution >= 0.6 is 15.9 Å².